The zero-order valence-corrected chi connectivity index (χ0v) is 15.4. The number of ether oxygens (including phenoxy) is 1. The highest BCUT2D eigenvalue weighted by Gasteiger charge is 2.50. The van der Waals surface area contributed by atoms with Crippen molar-refractivity contribution < 1.29 is 14.3 Å². The quantitative estimate of drug-likeness (QED) is 0.858. The lowest BCUT2D eigenvalue weighted by molar-refractivity contribution is -0.150. The number of rotatable bonds is 3. The van der Waals surface area contributed by atoms with Crippen molar-refractivity contribution in [2.45, 2.75) is 46.1 Å². The normalized spacial score (nSPS) is 20.1. The number of nitrogens with one attached hydrogen (secondary N) is 1. The molecular formula is C20H26N2O3. The van der Waals surface area contributed by atoms with E-state index in [1.54, 1.807) is 6.92 Å². The number of piperidine rings is 1. The van der Waals surface area contributed by atoms with Crippen LogP contribution in [0.5, 0.6) is 0 Å². The van der Waals surface area contributed by atoms with Crippen molar-refractivity contribution in [1.82, 2.24) is 4.90 Å². The molecule has 0 unspecified atom stereocenters. The molecule has 0 radical (unpaired) electrons. The van der Waals surface area contributed by atoms with E-state index in [2.05, 4.69) is 17.1 Å². The SMILES string of the molecule is CCN1CCC2(CC1)OC(=O)C(C)=C2C(=O)Nc1ccc(C)c(C)c1. The number of nitrogens with zero attached hydrogens (tertiary/aromatic N) is 1. The molecule has 5 heteroatoms. The molecule has 3 rings (SSSR count). The van der Waals surface area contributed by atoms with E-state index in [4.69, 9.17) is 4.74 Å². The summed E-state index contributed by atoms with van der Waals surface area (Å²) in [6.07, 6.45) is 1.33. The third-order valence-corrected chi connectivity index (χ3v) is 5.53. The molecule has 5 nitrogen and oxygen atoms in total. The maximum Gasteiger partial charge on any atom is 0.335 e. The van der Waals surface area contributed by atoms with Gasteiger partial charge < -0.3 is 15.0 Å². The van der Waals surface area contributed by atoms with Crippen LogP contribution in [0.15, 0.2) is 29.3 Å². The predicted octanol–water partition coefficient (Wildman–Crippen LogP) is 2.97. The fourth-order valence-electron chi connectivity index (χ4n) is 3.72. The Labute approximate surface area is 149 Å². The van der Waals surface area contributed by atoms with Crippen molar-refractivity contribution >= 4 is 17.6 Å². The molecule has 1 amide bonds. The largest absolute Gasteiger partial charge is 0.450 e. The van der Waals surface area contributed by atoms with Gasteiger partial charge in [0.25, 0.3) is 5.91 Å². The summed E-state index contributed by atoms with van der Waals surface area (Å²) >= 11 is 0. The fourth-order valence-corrected chi connectivity index (χ4v) is 3.72. The van der Waals surface area contributed by atoms with Crippen LogP contribution in [0.2, 0.25) is 0 Å². The van der Waals surface area contributed by atoms with Crippen LogP contribution in [-0.4, -0.2) is 42.0 Å². The van der Waals surface area contributed by atoms with Gasteiger partial charge in [0.2, 0.25) is 0 Å². The Balaban J connectivity index is 1.85. The molecule has 1 aromatic carbocycles. The van der Waals surface area contributed by atoms with Crippen molar-refractivity contribution in [2.24, 2.45) is 0 Å². The molecule has 1 N–H and O–H groups in total. The number of carbonyl (C=O) groups excluding carboxylic acids is 2. The maximum atomic E-state index is 13.0. The molecule has 2 aliphatic heterocycles. The third-order valence-electron chi connectivity index (χ3n) is 5.53. The van der Waals surface area contributed by atoms with Gasteiger partial charge in [-0.2, -0.15) is 0 Å². The highest BCUT2D eigenvalue weighted by atomic mass is 16.6. The molecule has 0 aliphatic carbocycles. The summed E-state index contributed by atoms with van der Waals surface area (Å²) in [5.74, 6) is -0.591. The van der Waals surface area contributed by atoms with Crippen molar-refractivity contribution in [3.8, 4) is 0 Å². The number of likely N-dealkylation sites (tertiary alicyclic amines) is 1. The molecule has 0 aromatic heterocycles. The molecule has 1 saturated heterocycles. The van der Waals surface area contributed by atoms with Crippen molar-refractivity contribution in [3.05, 3.63) is 40.5 Å². The van der Waals surface area contributed by atoms with Gasteiger partial charge in [-0.3, -0.25) is 4.79 Å². The smallest absolute Gasteiger partial charge is 0.335 e. The van der Waals surface area contributed by atoms with E-state index in [1.807, 2.05) is 32.0 Å². The summed E-state index contributed by atoms with van der Waals surface area (Å²) in [6.45, 7) is 10.5. The maximum absolute atomic E-state index is 13.0. The topological polar surface area (TPSA) is 58.6 Å². The Bertz CT molecular complexity index is 743. The predicted molar refractivity (Wildman–Crippen MR) is 97.4 cm³/mol. The molecule has 1 aromatic rings. The first-order valence-corrected chi connectivity index (χ1v) is 8.92. The summed E-state index contributed by atoms with van der Waals surface area (Å²) in [7, 11) is 0. The lowest BCUT2D eigenvalue weighted by Gasteiger charge is -2.39. The van der Waals surface area contributed by atoms with Crippen molar-refractivity contribution in [1.29, 1.82) is 0 Å². The van der Waals surface area contributed by atoms with Gasteiger partial charge in [0.1, 0.15) is 5.60 Å². The minimum Gasteiger partial charge on any atom is -0.450 e. The van der Waals surface area contributed by atoms with Gasteiger partial charge in [-0.15, -0.1) is 0 Å². The van der Waals surface area contributed by atoms with Gasteiger partial charge in [-0.25, -0.2) is 4.79 Å². The first-order chi connectivity index (χ1) is 11.9. The second-order valence-electron chi connectivity index (χ2n) is 7.07. The molecule has 2 heterocycles. The number of esters is 1. The summed E-state index contributed by atoms with van der Waals surface area (Å²) in [5, 5.41) is 2.96. The fraction of sp³-hybridized carbons (Fsp3) is 0.500. The van der Waals surface area contributed by atoms with E-state index in [-0.39, 0.29) is 11.9 Å². The van der Waals surface area contributed by atoms with Crippen LogP contribution in [0, 0.1) is 13.8 Å². The van der Waals surface area contributed by atoms with Crippen LogP contribution < -0.4 is 5.32 Å². The van der Waals surface area contributed by atoms with Gasteiger partial charge in [0, 0.05) is 37.2 Å². The number of hydrogen-bond acceptors (Lipinski definition) is 4. The second-order valence-corrected chi connectivity index (χ2v) is 7.07. The zero-order valence-electron chi connectivity index (χ0n) is 15.4. The first-order valence-electron chi connectivity index (χ1n) is 8.92. The first kappa shape index (κ1) is 17.7. The lowest BCUT2D eigenvalue weighted by atomic mass is 9.82. The molecule has 0 saturated carbocycles. The molecule has 1 spiro atoms. The molecule has 134 valence electrons. The number of anilines is 1. The van der Waals surface area contributed by atoms with Crippen LogP contribution >= 0.6 is 0 Å². The van der Waals surface area contributed by atoms with E-state index in [1.165, 1.54) is 5.56 Å². The van der Waals surface area contributed by atoms with Crippen molar-refractivity contribution in [2.75, 3.05) is 25.0 Å². The highest BCUT2D eigenvalue weighted by Crippen LogP contribution is 2.41. The Morgan fingerprint density at radius 3 is 2.48 bits per heavy atom. The van der Waals surface area contributed by atoms with E-state index < -0.39 is 5.60 Å². The van der Waals surface area contributed by atoms with Crippen LogP contribution in [0.1, 0.15) is 37.8 Å². The number of carbonyl (C=O) groups is 2. The number of amides is 1. The third kappa shape index (κ3) is 3.21. The number of benzene rings is 1. The lowest BCUT2D eigenvalue weighted by Crippen LogP contribution is -2.47. The summed E-state index contributed by atoms with van der Waals surface area (Å²) in [4.78, 5) is 27.5. The Kier molecular flexibility index (Phi) is 4.69. The summed E-state index contributed by atoms with van der Waals surface area (Å²) in [5.41, 5.74) is 3.22. The van der Waals surface area contributed by atoms with E-state index >= 15 is 0 Å². The van der Waals surface area contributed by atoms with Gasteiger partial charge >= 0.3 is 5.97 Å². The highest BCUT2D eigenvalue weighted by molar-refractivity contribution is 6.12. The van der Waals surface area contributed by atoms with Crippen LogP contribution in [-0.2, 0) is 14.3 Å². The van der Waals surface area contributed by atoms with E-state index in [9.17, 15) is 9.59 Å². The molecule has 0 atom stereocenters. The Morgan fingerprint density at radius 2 is 1.88 bits per heavy atom. The van der Waals surface area contributed by atoms with Crippen LogP contribution in [0.3, 0.4) is 0 Å². The summed E-state index contributed by atoms with van der Waals surface area (Å²) in [6, 6.07) is 5.82. The molecule has 0 bridgehead atoms. The standard InChI is InChI=1S/C20H26N2O3/c1-5-22-10-8-20(9-11-22)17(15(4)19(24)25-20)18(23)21-16-7-6-13(2)14(3)12-16/h6-7,12H,5,8-11H2,1-4H3,(H,21,23). The Hall–Kier alpha value is -2.14. The summed E-state index contributed by atoms with van der Waals surface area (Å²) < 4.78 is 5.71. The average molecular weight is 342 g/mol. The molecule has 25 heavy (non-hydrogen) atoms. The van der Waals surface area contributed by atoms with Crippen molar-refractivity contribution in [3.63, 3.8) is 0 Å². The number of aryl methyl sites for hydroxylation is 2. The van der Waals surface area contributed by atoms with Gasteiger partial charge in [0.05, 0.1) is 5.57 Å². The van der Waals surface area contributed by atoms with E-state index in [0.717, 1.165) is 30.9 Å². The zero-order chi connectivity index (χ0) is 18.2. The Morgan fingerprint density at radius 1 is 1.20 bits per heavy atom. The van der Waals surface area contributed by atoms with Crippen LogP contribution in [0.25, 0.3) is 0 Å². The minimum atomic E-state index is -0.767. The van der Waals surface area contributed by atoms with Crippen LogP contribution in [0.4, 0.5) is 5.69 Å². The number of hydrogen-bond donors (Lipinski definition) is 1. The molecule has 2 aliphatic rings. The average Bonchev–Trinajstić information content (AvgIpc) is 2.82. The second kappa shape index (κ2) is 6.64. The minimum absolute atomic E-state index is 0.225. The van der Waals surface area contributed by atoms with Gasteiger partial charge in [-0.05, 0) is 50.6 Å². The van der Waals surface area contributed by atoms with E-state index in [0.29, 0.717) is 24.0 Å². The molecule has 1 fully saturated rings. The van der Waals surface area contributed by atoms with Gasteiger partial charge in [-0.1, -0.05) is 13.0 Å². The van der Waals surface area contributed by atoms with Gasteiger partial charge in [0.15, 0.2) is 0 Å². The molecular weight excluding hydrogens is 316 g/mol. The monoisotopic (exact) mass is 342 g/mol.